The second-order valence-electron chi connectivity index (χ2n) is 6.26. The van der Waals surface area contributed by atoms with Crippen LogP contribution in [-0.4, -0.2) is 5.78 Å². The third kappa shape index (κ3) is 5.23. The Morgan fingerprint density at radius 1 is 1.09 bits per heavy atom. The third-order valence-corrected chi connectivity index (χ3v) is 4.55. The third-order valence-electron chi connectivity index (χ3n) is 4.55. The molecule has 1 aromatic rings. The maximum atomic E-state index is 13.7. The van der Waals surface area contributed by atoms with Crippen molar-refractivity contribution >= 4 is 5.78 Å². The van der Waals surface area contributed by atoms with Crippen molar-refractivity contribution in [2.75, 3.05) is 0 Å². The van der Waals surface area contributed by atoms with Gasteiger partial charge in [0.1, 0.15) is 11.6 Å². The molecule has 0 saturated heterocycles. The number of hydrogen-bond donors (Lipinski definition) is 0. The first-order chi connectivity index (χ1) is 10.6. The molecule has 0 amide bonds. The molecule has 22 heavy (non-hydrogen) atoms. The number of Topliss-reactive ketones (excluding diaryl/α,β-unsaturated/α-hetero) is 1. The number of benzene rings is 1. The summed E-state index contributed by atoms with van der Waals surface area (Å²) in [6, 6.07) is 5.24. The molecule has 1 nitrogen and oxygen atoms in total. The molecule has 1 unspecified atom stereocenters. The van der Waals surface area contributed by atoms with E-state index in [4.69, 9.17) is 0 Å². The molecule has 0 aromatic heterocycles. The first-order valence-electron chi connectivity index (χ1n) is 8.88. The highest BCUT2D eigenvalue weighted by atomic mass is 19.1. The summed E-state index contributed by atoms with van der Waals surface area (Å²) >= 11 is 0. The molecule has 124 valence electrons. The van der Waals surface area contributed by atoms with Gasteiger partial charge in [-0.05, 0) is 36.0 Å². The first kappa shape index (κ1) is 18.9. The fourth-order valence-electron chi connectivity index (χ4n) is 3.31. The van der Waals surface area contributed by atoms with Crippen molar-refractivity contribution in [3.63, 3.8) is 0 Å². The zero-order valence-electron chi connectivity index (χ0n) is 14.6. The first-order valence-corrected chi connectivity index (χ1v) is 8.88. The van der Waals surface area contributed by atoms with Crippen LogP contribution in [0.2, 0.25) is 0 Å². The molecule has 0 fully saturated rings. The Morgan fingerprint density at radius 3 is 2.23 bits per heavy atom. The van der Waals surface area contributed by atoms with Gasteiger partial charge in [-0.3, -0.25) is 4.79 Å². The lowest BCUT2D eigenvalue weighted by Crippen LogP contribution is -2.17. The van der Waals surface area contributed by atoms with E-state index in [0.717, 1.165) is 24.8 Å². The van der Waals surface area contributed by atoms with Crippen LogP contribution in [0.5, 0.6) is 0 Å². The molecule has 0 heterocycles. The predicted octanol–water partition coefficient (Wildman–Crippen LogP) is 6.06. The van der Waals surface area contributed by atoms with Crippen LogP contribution in [0.15, 0.2) is 18.2 Å². The van der Waals surface area contributed by atoms with Crippen LogP contribution in [0.1, 0.15) is 83.3 Å². The van der Waals surface area contributed by atoms with E-state index in [-0.39, 0.29) is 17.5 Å². The van der Waals surface area contributed by atoms with Crippen molar-refractivity contribution in [1.82, 2.24) is 0 Å². The van der Waals surface area contributed by atoms with Gasteiger partial charge in [0.05, 0.1) is 0 Å². The zero-order chi connectivity index (χ0) is 16.5. The Labute approximate surface area is 135 Å². The quantitative estimate of drug-likeness (QED) is 0.513. The molecule has 1 rings (SSSR count). The number of halogens is 1. The van der Waals surface area contributed by atoms with E-state index in [0.29, 0.717) is 24.3 Å². The normalized spacial score (nSPS) is 12.6. The van der Waals surface area contributed by atoms with Crippen molar-refractivity contribution in [3.05, 3.63) is 35.1 Å². The van der Waals surface area contributed by atoms with E-state index in [9.17, 15) is 9.18 Å². The molecular formula is C20H31FO. The summed E-state index contributed by atoms with van der Waals surface area (Å²) in [5.41, 5.74) is 1.72. The van der Waals surface area contributed by atoms with Crippen LogP contribution < -0.4 is 0 Å². The monoisotopic (exact) mass is 306 g/mol. The average Bonchev–Trinajstić information content (AvgIpc) is 2.53. The molecule has 0 saturated carbocycles. The lowest BCUT2D eigenvalue weighted by atomic mass is 9.81. The largest absolute Gasteiger partial charge is 0.299 e. The van der Waals surface area contributed by atoms with Gasteiger partial charge in [0.15, 0.2) is 0 Å². The molecule has 0 aliphatic heterocycles. The number of hydrogen-bond acceptors (Lipinski definition) is 1. The molecule has 0 aliphatic carbocycles. The highest BCUT2D eigenvalue weighted by Crippen LogP contribution is 2.31. The van der Waals surface area contributed by atoms with Crippen LogP contribution in [0, 0.1) is 11.7 Å². The van der Waals surface area contributed by atoms with Gasteiger partial charge in [-0.15, -0.1) is 0 Å². The predicted molar refractivity (Wildman–Crippen MR) is 91.7 cm³/mol. The van der Waals surface area contributed by atoms with Crippen molar-refractivity contribution in [1.29, 1.82) is 0 Å². The Morgan fingerprint density at radius 2 is 1.73 bits per heavy atom. The lowest BCUT2D eigenvalue weighted by Gasteiger charge is -2.23. The van der Waals surface area contributed by atoms with E-state index in [2.05, 4.69) is 13.8 Å². The van der Waals surface area contributed by atoms with E-state index in [1.165, 1.54) is 18.9 Å². The molecule has 1 atom stereocenters. The molecule has 0 spiro atoms. The topological polar surface area (TPSA) is 17.1 Å². The van der Waals surface area contributed by atoms with Gasteiger partial charge in [-0.2, -0.15) is 0 Å². The van der Waals surface area contributed by atoms with E-state index >= 15 is 0 Å². The summed E-state index contributed by atoms with van der Waals surface area (Å²) in [6.07, 6.45) is 6.77. The maximum absolute atomic E-state index is 13.7. The minimum Gasteiger partial charge on any atom is -0.299 e. The second-order valence-corrected chi connectivity index (χ2v) is 6.26. The van der Waals surface area contributed by atoms with Crippen LogP contribution in [0.25, 0.3) is 0 Å². The summed E-state index contributed by atoms with van der Waals surface area (Å²) in [4.78, 5) is 12.4. The van der Waals surface area contributed by atoms with Crippen molar-refractivity contribution in [2.45, 2.75) is 78.6 Å². The van der Waals surface area contributed by atoms with Crippen LogP contribution in [-0.2, 0) is 11.2 Å². The van der Waals surface area contributed by atoms with E-state index in [1.807, 2.05) is 26.0 Å². The minimum absolute atomic E-state index is 0.0704. The number of ketones is 1. The minimum atomic E-state index is -0.160. The molecule has 1 aromatic carbocycles. The highest BCUT2D eigenvalue weighted by molar-refractivity contribution is 5.85. The summed E-state index contributed by atoms with van der Waals surface area (Å²) in [6.45, 7) is 8.28. The van der Waals surface area contributed by atoms with Gasteiger partial charge in [0.25, 0.3) is 0 Å². The zero-order valence-corrected chi connectivity index (χ0v) is 14.6. The lowest BCUT2D eigenvalue weighted by molar-refractivity contribution is -0.120. The Bertz CT molecular complexity index is 461. The average molecular weight is 306 g/mol. The molecule has 0 radical (unpaired) electrons. The molecule has 0 bridgehead atoms. The van der Waals surface area contributed by atoms with Gasteiger partial charge in [0, 0.05) is 12.3 Å². The van der Waals surface area contributed by atoms with Gasteiger partial charge in [0.2, 0.25) is 0 Å². The van der Waals surface area contributed by atoms with Gasteiger partial charge in [-0.25, -0.2) is 4.39 Å². The number of rotatable bonds is 10. The summed E-state index contributed by atoms with van der Waals surface area (Å²) in [5.74, 6) is 0.642. The maximum Gasteiger partial charge on any atom is 0.140 e. The Balaban J connectivity index is 3.04. The number of carbonyl (C=O) groups excluding carboxylic acids is 1. The Hall–Kier alpha value is -1.18. The highest BCUT2D eigenvalue weighted by Gasteiger charge is 2.23. The van der Waals surface area contributed by atoms with Crippen LogP contribution >= 0.6 is 0 Å². The van der Waals surface area contributed by atoms with Gasteiger partial charge in [-0.1, -0.05) is 65.5 Å². The summed E-state index contributed by atoms with van der Waals surface area (Å²) in [7, 11) is 0. The molecule has 0 N–H and O–H groups in total. The van der Waals surface area contributed by atoms with Crippen molar-refractivity contribution in [2.24, 2.45) is 5.92 Å². The molecular weight excluding hydrogens is 275 g/mol. The van der Waals surface area contributed by atoms with Crippen molar-refractivity contribution in [3.8, 4) is 0 Å². The van der Waals surface area contributed by atoms with Crippen LogP contribution in [0.4, 0.5) is 4.39 Å². The standard InChI is InChI=1S/C20H31FO/c1-5-9-15(10-6-2)13-18(20(22)8-4)17-11-12-19(21)16(7-3)14-17/h11-12,14-15,18H,5-10,13H2,1-4H3. The summed E-state index contributed by atoms with van der Waals surface area (Å²) in [5, 5.41) is 0. The second kappa shape index (κ2) is 9.76. The van der Waals surface area contributed by atoms with Gasteiger partial charge >= 0.3 is 0 Å². The number of carbonyl (C=O) groups is 1. The molecule has 0 aliphatic rings. The number of aryl methyl sites for hydroxylation is 1. The van der Waals surface area contributed by atoms with Crippen LogP contribution in [0.3, 0.4) is 0 Å². The Kier molecular flexibility index (Phi) is 8.37. The smallest absolute Gasteiger partial charge is 0.140 e. The van der Waals surface area contributed by atoms with Gasteiger partial charge < -0.3 is 0 Å². The fourth-order valence-corrected chi connectivity index (χ4v) is 3.31. The van der Waals surface area contributed by atoms with E-state index < -0.39 is 0 Å². The molecule has 2 heteroatoms. The summed E-state index contributed by atoms with van der Waals surface area (Å²) < 4.78 is 13.7. The fraction of sp³-hybridized carbons (Fsp3) is 0.650. The van der Waals surface area contributed by atoms with Crippen molar-refractivity contribution < 1.29 is 9.18 Å². The SMILES string of the molecule is CCCC(CCC)CC(C(=O)CC)c1ccc(F)c(CC)c1. The van der Waals surface area contributed by atoms with E-state index in [1.54, 1.807) is 0 Å².